The summed E-state index contributed by atoms with van der Waals surface area (Å²) in [4.78, 5) is 23.3. The minimum atomic E-state index is -2.28. The van der Waals surface area contributed by atoms with E-state index < -0.39 is 53.2 Å². The molecule has 0 amide bonds. The summed E-state index contributed by atoms with van der Waals surface area (Å²) in [6.07, 6.45) is 11.4. The van der Waals surface area contributed by atoms with Crippen LogP contribution in [0.4, 0.5) is 22.0 Å². The van der Waals surface area contributed by atoms with Crippen molar-refractivity contribution in [3.8, 4) is 0 Å². The monoisotopic (exact) mass is 480 g/mol. The second-order valence-corrected chi connectivity index (χ2v) is 7.97. The number of esters is 2. The first-order valence-electron chi connectivity index (χ1n) is 11.6. The molecule has 0 fully saturated rings. The van der Waals surface area contributed by atoms with Crippen LogP contribution in [0.25, 0.3) is 0 Å². The molecule has 0 bridgehead atoms. The molecule has 1 aromatic rings. The van der Waals surface area contributed by atoms with E-state index in [0.29, 0.717) is 6.61 Å². The maximum absolute atomic E-state index is 13.5. The third-order valence-corrected chi connectivity index (χ3v) is 5.20. The van der Waals surface area contributed by atoms with Gasteiger partial charge in [0.15, 0.2) is 23.3 Å². The molecule has 0 aromatic heterocycles. The SMILES string of the molecule is CCCCCCCCCCCCOC(=O)CCCC(=O)OCc1c(F)c(F)c(F)c(F)c1F. The predicted molar refractivity (Wildman–Crippen MR) is 113 cm³/mol. The Balaban J connectivity index is 2.11. The molecule has 0 spiro atoms. The van der Waals surface area contributed by atoms with Crippen LogP contribution < -0.4 is 0 Å². The highest BCUT2D eigenvalue weighted by atomic mass is 19.2. The zero-order chi connectivity index (χ0) is 24.6. The first kappa shape index (κ1) is 28.8. The van der Waals surface area contributed by atoms with Crippen molar-refractivity contribution < 1.29 is 41.0 Å². The summed E-state index contributed by atoms with van der Waals surface area (Å²) < 4.78 is 75.9. The molecule has 33 heavy (non-hydrogen) atoms. The van der Waals surface area contributed by atoms with Gasteiger partial charge in [0.2, 0.25) is 5.82 Å². The number of unbranched alkanes of at least 4 members (excludes halogenated alkanes) is 9. The standard InChI is InChI=1S/C24H33F5O4/c1-2-3-4-5-6-7-8-9-10-11-15-32-18(30)13-12-14-19(31)33-16-17-20(25)22(27)24(29)23(28)21(17)26/h2-16H2,1H3. The third kappa shape index (κ3) is 11.0. The van der Waals surface area contributed by atoms with E-state index in [0.717, 1.165) is 19.3 Å². The van der Waals surface area contributed by atoms with E-state index in [4.69, 9.17) is 4.74 Å². The fourth-order valence-corrected chi connectivity index (χ4v) is 3.23. The Bertz CT molecular complexity index is 726. The number of rotatable bonds is 17. The molecular formula is C24H33F5O4. The minimum Gasteiger partial charge on any atom is -0.466 e. The number of halogens is 5. The van der Waals surface area contributed by atoms with Crippen LogP contribution in [0.2, 0.25) is 0 Å². The lowest BCUT2D eigenvalue weighted by atomic mass is 10.1. The van der Waals surface area contributed by atoms with Crippen LogP contribution >= 0.6 is 0 Å². The van der Waals surface area contributed by atoms with Crippen molar-refractivity contribution in [3.05, 3.63) is 34.6 Å². The molecule has 0 radical (unpaired) electrons. The molecular weight excluding hydrogens is 447 g/mol. The normalized spacial score (nSPS) is 11.0. The van der Waals surface area contributed by atoms with Crippen molar-refractivity contribution >= 4 is 11.9 Å². The van der Waals surface area contributed by atoms with Gasteiger partial charge >= 0.3 is 11.9 Å². The number of carbonyl (C=O) groups is 2. The average Bonchev–Trinajstić information content (AvgIpc) is 2.80. The lowest BCUT2D eigenvalue weighted by Gasteiger charge is -2.09. The molecule has 0 saturated carbocycles. The third-order valence-electron chi connectivity index (χ3n) is 5.20. The van der Waals surface area contributed by atoms with Gasteiger partial charge in [0.25, 0.3) is 0 Å². The lowest BCUT2D eigenvalue weighted by Crippen LogP contribution is -2.12. The van der Waals surface area contributed by atoms with Crippen LogP contribution in [-0.4, -0.2) is 18.5 Å². The molecule has 0 saturated heterocycles. The van der Waals surface area contributed by atoms with Gasteiger partial charge in [-0.3, -0.25) is 9.59 Å². The fraction of sp³-hybridized carbons (Fsp3) is 0.667. The molecule has 4 nitrogen and oxygen atoms in total. The van der Waals surface area contributed by atoms with Crippen molar-refractivity contribution in [1.82, 2.24) is 0 Å². The summed E-state index contributed by atoms with van der Waals surface area (Å²) >= 11 is 0. The Morgan fingerprint density at radius 1 is 0.576 bits per heavy atom. The van der Waals surface area contributed by atoms with Crippen LogP contribution in [0.15, 0.2) is 0 Å². The molecule has 0 aliphatic heterocycles. The quantitative estimate of drug-likeness (QED) is 0.0788. The molecule has 0 aliphatic rings. The van der Waals surface area contributed by atoms with Gasteiger partial charge in [-0.25, -0.2) is 22.0 Å². The number of carbonyl (C=O) groups excluding carboxylic acids is 2. The van der Waals surface area contributed by atoms with Crippen molar-refractivity contribution in [2.75, 3.05) is 6.61 Å². The van der Waals surface area contributed by atoms with Gasteiger partial charge in [-0.1, -0.05) is 64.7 Å². The summed E-state index contributed by atoms with van der Waals surface area (Å²) in [5, 5.41) is 0. The Morgan fingerprint density at radius 3 is 1.52 bits per heavy atom. The zero-order valence-corrected chi connectivity index (χ0v) is 19.1. The first-order chi connectivity index (χ1) is 15.8. The van der Waals surface area contributed by atoms with Gasteiger partial charge in [-0.05, 0) is 12.8 Å². The molecule has 0 heterocycles. The van der Waals surface area contributed by atoms with E-state index in [2.05, 4.69) is 11.7 Å². The van der Waals surface area contributed by atoms with Gasteiger partial charge in [0.05, 0.1) is 12.2 Å². The number of benzene rings is 1. The topological polar surface area (TPSA) is 52.6 Å². The largest absolute Gasteiger partial charge is 0.466 e. The predicted octanol–water partition coefficient (Wildman–Crippen LogP) is 7.06. The molecule has 0 atom stereocenters. The van der Waals surface area contributed by atoms with Crippen molar-refractivity contribution in [2.45, 2.75) is 97.0 Å². The van der Waals surface area contributed by atoms with Crippen molar-refractivity contribution in [3.63, 3.8) is 0 Å². The minimum absolute atomic E-state index is 0.0462. The Labute approximate surface area is 191 Å². The number of ether oxygens (including phenoxy) is 2. The maximum atomic E-state index is 13.5. The molecule has 188 valence electrons. The summed E-state index contributed by atoms with van der Waals surface area (Å²) in [6, 6.07) is 0. The Kier molecular flexibility index (Phi) is 14.4. The molecule has 0 N–H and O–H groups in total. The van der Waals surface area contributed by atoms with Gasteiger partial charge in [0.1, 0.15) is 6.61 Å². The van der Waals surface area contributed by atoms with Crippen LogP contribution in [0.3, 0.4) is 0 Å². The molecule has 1 rings (SSSR count). The van der Waals surface area contributed by atoms with Crippen LogP contribution in [0.5, 0.6) is 0 Å². The van der Waals surface area contributed by atoms with E-state index in [-0.39, 0.29) is 19.3 Å². The Hall–Kier alpha value is -2.19. The Morgan fingerprint density at radius 2 is 1.00 bits per heavy atom. The molecule has 0 aliphatic carbocycles. The van der Waals surface area contributed by atoms with E-state index in [1.54, 1.807) is 0 Å². The summed E-state index contributed by atoms with van der Waals surface area (Å²) in [6.45, 7) is 1.40. The highest BCUT2D eigenvalue weighted by molar-refractivity contribution is 5.72. The second kappa shape index (κ2) is 16.4. The summed E-state index contributed by atoms with van der Waals surface area (Å²) in [5.41, 5.74) is -1.23. The van der Waals surface area contributed by atoms with Crippen LogP contribution in [0, 0.1) is 29.1 Å². The summed E-state index contributed by atoms with van der Waals surface area (Å²) in [7, 11) is 0. The average molecular weight is 481 g/mol. The van der Waals surface area contributed by atoms with Crippen LogP contribution in [0.1, 0.15) is 96.0 Å². The highest BCUT2D eigenvalue weighted by Gasteiger charge is 2.26. The van der Waals surface area contributed by atoms with Crippen molar-refractivity contribution in [1.29, 1.82) is 0 Å². The van der Waals surface area contributed by atoms with Gasteiger partial charge < -0.3 is 9.47 Å². The maximum Gasteiger partial charge on any atom is 0.306 e. The van der Waals surface area contributed by atoms with Gasteiger partial charge in [-0.2, -0.15) is 0 Å². The number of hydrogen-bond donors (Lipinski definition) is 0. The number of hydrogen-bond acceptors (Lipinski definition) is 4. The second-order valence-electron chi connectivity index (χ2n) is 7.97. The van der Waals surface area contributed by atoms with E-state index in [1.807, 2.05) is 0 Å². The van der Waals surface area contributed by atoms with Gasteiger partial charge in [0, 0.05) is 12.8 Å². The summed E-state index contributed by atoms with van der Waals surface area (Å²) in [5.74, 6) is -12.0. The van der Waals surface area contributed by atoms with E-state index in [1.165, 1.54) is 44.9 Å². The first-order valence-corrected chi connectivity index (χ1v) is 11.6. The lowest BCUT2D eigenvalue weighted by molar-refractivity contribution is -0.146. The molecule has 0 unspecified atom stereocenters. The fourth-order valence-electron chi connectivity index (χ4n) is 3.23. The zero-order valence-electron chi connectivity index (χ0n) is 19.1. The highest BCUT2D eigenvalue weighted by Crippen LogP contribution is 2.23. The van der Waals surface area contributed by atoms with E-state index in [9.17, 15) is 31.5 Å². The van der Waals surface area contributed by atoms with Crippen molar-refractivity contribution in [2.24, 2.45) is 0 Å². The van der Waals surface area contributed by atoms with Crippen LogP contribution in [-0.2, 0) is 25.7 Å². The van der Waals surface area contributed by atoms with Gasteiger partial charge in [-0.15, -0.1) is 0 Å². The molecule has 9 heteroatoms. The molecule has 1 aromatic carbocycles. The van der Waals surface area contributed by atoms with E-state index >= 15 is 0 Å². The smallest absolute Gasteiger partial charge is 0.306 e.